The van der Waals surface area contributed by atoms with Gasteiger partial charge in [-0.2, -0.15) is 0 Å². The summed E-state index contributed by atoms with van der Waals surface area (Å²) in [5.41, 5.74) is 4.30. The molecule has 0 saturated carbocycles. The van der Waals surface area contributed by atoms with Crippen molar-refractivity contribution >= 4 is 37.9 Å². The van der Waals surface area contributed by atoms with Gasteiger partial charge in [-0.1, -0.05) is 18.2 Å². The summed E-state index contributed by atoms with van der Waals surface area (Å²) in [6.07, 6.45) is 1.12. The normalized spacial score (nSPS) is 11.2. The van der Waals surface area contributed by atoms with Crippen LogP contribution >= 0.6 is 11.3 Å². The molecule has 0 fully saturated rings. The maximum atomic E-state index is 11.3. The molecular weight excluding hydrogens is 370 g/mol. The fourth-order valence-electron chi connectivity index (χ4n) is 2.36. The topological polar surface area (TPSA) is 80.3 Å². The van der Waals surface area contributed by atoms with Crippen LogP contribution in [0, 0.1) is 6.92 Å². The first-order chi connectivity index (χ1) is 12.3. The predicted octanol–water partition coefficient (Wildman–Crippen LogP) is 4.24. The lowest BCUT2D eigenvalue weighted by Crippen LogP contribution is -2.09. The molecule has 1 aromatic heterocycles. The first kappa shape index (κ1) is 18.2. The van der Waals surface area contributed by atoms with E-state index in [4.69, 9.17) is 4.74 Å². The minimum absolute atomic E-state index is 0.525. The number of aromatic nitrogens is 1. The van der Waals surface area contributed by atoms with Gasteiger partial charge in [0.2, 0.25) is 10.0 Å². The van der Waals surface area contributed by atoms with Gasteiger partial charge in [0.15, 0.2) is 5.13 Å². The summed E-state index contributed by atoms with van der Waals surface area (Å²) in [7, 11) is -1.64. The van der Waals surface area contributed by atoms with Crippen LogP contribution in [0.1, 0.15) is 5.56 Å². The number of methoxy groups -OCH3 is 1. The van der Waals surface area contributed by atoms with E-state index in [1.54, 1.807) is 19.2 Å². The maximum Gasteiger partial charge on any atom is 0.229 e. The zero-order valence-corrected chi connectivity index (χ0v) is 16.2. The van der Waals surface area contributed by atoms with Crippen LogP contribution in [0.3, 0.4) is 0 Å². The molecule has 2 N–H and O–H groups in total. The zero-order chi connectivity index (χ0) is 18.7. The first-order valence-electron chi connectivity index (χ1n) is 7.79. The van der Waals surface area contributed by atoms with Crippen molar-refractivity contribution in [2.75, 3.05) is 23.4 Å². The highest BCUT2D eigenvalue weighted by Gasteiger charge is 2.08. The number of rotatable bonds is 6. The molecule has 6 nitrogen and oxygen atoms in total. The van der Waals surface area contributed by atoms with Gasteiger partial charge >= 0.3 is 0 Å². The standard InChI is InChI=1S/C18H19N3O3S2/c1-12-4-9-15(24-2)10-16(12)19-18-20-17(11-25-18)13-5-7-14(8-6-13)21-26(3,22)23/h4-11,21H,1-3H3,(H,19,20). The summed E-state index contributed by atoms with van der Waals surface area (Å²) < 4.78 is 30.2. The van der Waals surface area contributed by atoms with E-state index in [0.29, 0.717) is 5.69 Å². The predicted molar refractivity (Wildman–Crippen MR) is 107 cm³/mol. The van der Waals surface area contributed by atoms with Crippen molar-refractivity contribution in [3.8, 4) is 17.0 Å². The number of anilines is 3. The Kier molecular flexibility index (Phi) is 5.15. The molecule has 3 aromatic rings. The molecule has 0 bridgehead atoms. The number of nitrogens with one attached hydrogen (secondary N) is 2. The Morgan fingerprint density at radius 1 is 1.12 bits per heavy atom. The van der Waals surface area contributed by atoms with Crippen LogP contribution in [0.15, 0.2) is 47.8 Å². The molecular formula is C18H19N3O3S2. The van der Waals surface area contributed by atoms with E-state index >= 15 is 0 Å². The number of hydrogen-bond acceptors (Lipinski definition) is 6. The number of benzene rings is 2. The number of sulfonamides is 1. The highest BCUT2D eigenvalue weighted by atomic mass is 32.2. The molecule has 0 atom stereocenters. The molecule has 0 spiro atoms. The first-order valence-corrected chi connectivity index (χ1v) is 10.6. The van der Waals surface area contributed by atoms with Crippen molar-refractivity contribution in [1.29, 1.82) is 0 Å². The largest absolute Gasteiger partial charge is 0.497 e. The molecule has 8 heteroatoms. The lowest BCUT2D eigenvalue weighted by Gasteiger charge is -2.08. The van der Waals surface area contributed by atoms with Gasteiger partial charge in [-0.25, -0.2) is 13.4 Å². The molecule has 0 radical (unpaired) electrons. The summed E-state index contributed by atoms with van der Waals surface area (Å²) in [5, 5.41) is 6.04. The summed E-state index contributed by atoms with van der Waals surface area (Å²) in [6.45, 7) is 2.02. The van der Waals surface area contributed by atoms with Crippen LogP contribution in [0.5, 0.6) is 5.75 Å². The van der Waals surface area contributed by atoms with E-state index in [-0.39, 0.29) is 0 Å². The Hall–Kier alpha value is -2.58. The third-order valence-corrected chi connectivity index (χ3v) is 5.04. The summed E-state index contributed by atoms with van der Waals surface area (Å²) in [4.78, 5) is 4.60. The minimum Gasteiger partial charge on any atom is -0.497 e. The van der Waals surface area contributed by atoms with Gasteiger partial charge in [-0.3, -0.25) is 4.72 Å². The zero-order valence-electron chi connectivity index (χ0n) is 14.6. The Bertz CT molecular complexity index is 1010. The van der Waals surface area contributed by atoms with E-state index < -0.39 is 10.0 Å². The number of hydrogen-bond donors (Lipinski definition) is 2. The van der Waals surface area contributed by atoms with Gasteiger partial charge in [0.05, 0.1) is 19.1 Å². The molecule has 3 rings (SSSR count). The van der Waals surface area contributed by atoms with E-state index in [1.165, 1.54) is 11.3 Å². The van der Waals surface area contributed by atoms with Crippen molar-refractivity contribution in [3.63, 3.8) is 0 Å². The molecule has 0 aliphatic rings. The van der Waals surface area contributed by atoms with Crippen molar-refractivity contribution in [3.05, 3.63) is 53.4 Å². The van der Waals surface area contributed by atoms with Gasteiger partial charge in [-0.05, 0) is 30.7 Å². The fraction of sp³-hybridized carbons (Fsp3) is 0.167. The van der Waals surface area contributed by atoms with Crippen molar-refractivity contribution in [2.45, 2.75) is 6.92 Å². The van der Waals surface area contributed by atoms with Crippen LogP contribution in [-0.4, -0.2) is 26.8 Å². The Morgan fingerprint density at radius 2 is 1.85 bits per heavy atom. The third-order valence-electron chi connectivity index (χ3n) is 3.67. The molecule has 0 unspecified atom stereocenters. The van der Waals surface area contributed by atoms with Crippen LogP contribution in [0.25, 0.3) is 11.3 Å². The number of ether oxygens (including phenoxy) is 1. The maximum absolute atomic E-state index is 11.3. The third kappa shape index (κ3) is 4.53. The number of nitrogens with zero attached hydrogens (tertiary/aromatic N) is 1. The Morgan fingerprint density at radius 3 is 2.50 bits per heavy atom. The molecule has 0 saturated heterocycles. The summed E-state index contributed by atoms with van der Waals surface area (Å²) >= 11 is 1.50. The molecule has 26 heavy (non-hydrogen) atoms. The second-order valence-corrected chi connectivity index (χ2v) is 8.40. The SMILES string of the molecule is COc1ccc(C)c(Nc2nc(-c3ccc(NS(C)(=O)=O)cc3)cs2)c1. The van der Waals surface area contributed by atoms with Crippen LogP contribution in [-0.2, 0) is 10.0 Å². The van der Waals surface area contributed by atoms with Gasteiger partial charge in [0, 0.05) is 28.4 Å². The fourth-order valence-corrected chi connectivity index (χ4v) is 3.66. The van der Waals surface area contributed by atoms with E-state index in [1.807, 2.05) is 42.6 Å². The highest BCUT2D eigenvalue weighted by molar-refractivity contribution is 7.92. The second-order valence-electron chi connectivity index (χ2n) is 5.80. The minimum atomic E-state index is -3.28. The van der Waals surface area contributed by atoms with Crippen molar-refractivity contribution in [2.24, 2.45) is 0 Å². The van der Waals surface area contributed by atoms with Crippen LogP contribution in [0.2, 0.25) is 0 Å². The smallest absolute Gasteiger partial charge is 0.229 e. The molecule has 2 aromatic carbocycles. The van der Waals surface area contributed by atoms with Crippen LogP contribution < -0.4 is 14.8 Å². The van der Waals surface area contributed by atoms with Crippen molar-refractivity contribution < 1.29 is 13.2 Å². The van der Waals surface area contributed by atoms with Gasteiger partial charge in [-0.15, -0.1) is 11.3 Å². The van der Waals surface area contributed by atoms with E-state index in [0.717, 1.165) is 39.6 Å². The molecule has 0 aliphatic heterocycles. The summed E-state index contributed by atoms with van der Waals surface area (Å²) in [5.74, 6) is 0.781. The Labute approximate surface area is 156 Å². The second kappa shape index (κ2) is 7.35. The lowest BCUT2D eigenvalue weighted by atomic mass is 10.1. The average Bonchev–Trinajstić information content (AvgIpc) is 3.04. The quantitative estimate of drug-likeness (QED) is 0.659. The number of aryl methyl sites for hydroxylation is 1. The Balaban J connectivity index is 1.78. The summed E-state index contributed by atoms with van der Waals surface area (Å²) in [6, 6.07) is 12.9. The highest BCUT2D eigenvalue weighted by Crippen LogP contribution is 2.30. The van der Waals surface area contributed by atoms with Crippen molar-refractivity contribution in [1.82, 2.24) is 4.98 Å². The monoisotopic (exact) mass is 389 g/mol. The lowest BCUT2D eigenvalue weighted by molar-refractivity contribution is 0.415. The van der Waals surface area contributed by atoms with Crippen LogP contribution in [0.4, 0.5) is 16.5 Å². The molecule has 136 valence electrons. The molecule has 0 aliphatic carbocycles. The van der Waals surface area contributed by atoms with Gasteiger partial charge in [0.1, 0.15) is 5.75 Å². The van der Waals surface area contributed by atoms with E-state index in [9.17, 15) is 8.42 Å². The van der Waals surface area contributed by atoms with E-state index in [2.05, 4.69) is 15.0 Å². The van der Waals surface area contributed by atoms with Gasteiger partial charge < -0.3 is 10.1 Å². The number of thiazole rings is 1. The molecule has 0 amide bonds. The van der Waals surface area contributed by atoms with Gasteiger partial charge in [0.25, 0.3) is 0 Å². The molecule has 1 heterocycles. The average molecular weight is 390 g/mol.